The van der Waals surface area contributed by atoms with Crippen LogP contribution in [-0.2, 0) is 0 Å². The largest absolute Gasteiger partial charge is 0.494 e. The van der Waals surface area contributed by atoms with Crippen molar-refractivity contribution in [3.8, 4) is 11.4 Å². The molecule has 0 atom stereocenters. The van der Waals surface area contributed by atoms with Gasteiger partial charge in [-0.05, 0) is 74.9 Å². The number of amides is 1. The van der Waals surface area contributed by atoms with E-state index in [4.69, 9.17) is 4.74 Å². The third-order valence-corrected chi connectivity index (χ3v) is 4.51. The zero-order chi connectivity index (χ0) is 20.8. The standard InChI is InChI=1S/C23H24FN3O2/c1-4-13-29-22-11-5-18(6-12-22)23(28)26-25-15-19-14-16(2)27(17(19)3)21-9-7-20(24)8-10-21/h5-12,14-15H,4,13H2,1-3H3,(H,26,28)/b25-15-. The fraction of sp³-hybridized carbons (Fsp3) is 0.217. The monoisotopic (exact) mass is 393 g/mol. The van der Waals surface area contributed by atoms with Crippen LogP contribution in [0.2, 0.25) is 0 Å². The van der Waals surface area contributed by atoms with Crippen LogP contribution in [0.1, 0.15) is 40.7 Å². The molecule has 0 aliphatic heterocycles. The van der Waals surface area contributed by atoms with Crippen molar-refractivity contribution in [3.63, 3.8) is 0 Å². The van der Waals surface area contributed by atoms with Crippen molar-refractivity contribution in [2.24, 2.45) is 5.10 Å². The zero-order valence-electron chi connectivity index (χ0n) is 16.8. The lowest BCUT2D eigenvalue weighted by atomic mass is 10.2. The van der Waals surface area contributed by atoms with E-state index in [2.05, 4.69) is 10.5 Å². The average Bonchev–Trinajstić information content (AvgIpc) is 3.00. The maximum absolute atomic E-state index is 13.2. The number of benzene rings is 2. The highest BCUT2D eigenvalue weighted by molar-refractivity contribution is 5.95. The van der Waals surface area contributed by atoms with E-state index in [0.717, 1.165) is 34.8 Å². The number of ether oxygens (including phenoxy) is 1. The first kappa shape index (κ1) is 20.3. The molecule has 5 nitrogen and oxygen atoms in total. The summed E-state index contributed by atoms with van der Waals surface area (Å²) in [5, 5.41) is 4.08. The first-order valence-corrected chi connectivity index (χ1v) is 9.50. The average molecular weight is 393 g/mol. The number of hydrogen-bond acceptors (Lipinski definition) is 3. The first-order chi connectivity index (χ1) is 14.0. The number of carbonyl (C=O) groups is 1. The Bertz CT molecular complexity index is 1010. The number of aryl methyl sites for hydroxylation is 1. The van der Waals surface area contributed by atoms with Crippen LogP contribution >= 0.6 is 0 Å². The smallest absolute Gasteiger partial charge is 0.271 e. The number of nitrogens with zero attached hydrogens (tertiary/aromatic N) is 2. The second-order valence-corrected chi connectivity index (χ2v) is 6.71. The van der Waals surface area contributed by atoms with Gasteiger partial charge in [0, 0.05) is 28.2 Å². The summed E-state index contributed by atoms with van der Waals surface area (Å²) in [6.07, 6.45) is 2.54. The number of hydrazone groups is 1. The van der Waals surface area contributed by atoms with E-state index in [-0.39, 0.29) is 11.7 Å². The minimum atomic E-state index is -0.296. The molecule has 2 aromatic carbocycles. The first-order valence-electron chi connectivity index (χ1n) is 9.50. The van der Waals surface area contributed by atoms with Gasteiger partial charge >= 0.3 is 0 Å². The molecule has 0 aliphatic carbocycles. The molecule has 1 amide bonds. The van der Waals surface area contributed by atoms with Crippen LogP contribution in [0.3, 0.4) is 0 Å². The molecule has 1 heterocycles. The predicted octanol–water partition coefficient (Wildman–Crippen LogP) is 4.79. The highest BCUT2D eigenvalue weighted by Crippen LogP contribution is 2.20. The molecule has 0 saturated heterocycles. The van der Waals surface area contributed by atoms with Crippen LogP contribution in [0, 0.1) is 19.7 Å². The van der Waals surface area contributed by atoms with Crippen LogP contribution in [0.5, 0.6) is 5.75 Å². The molecule has 0 bridgehead atoms. The predicted molar refractivity (Wildman–Crippen MR) is 112 cm³/mol. The molecule has 0 aliphatic rings. The van der Waals surface area contributed by atoms with Crippen LogP contribution < -0.4 is 10.2 Å². The highest BCUT2D eigenvalue weighted by atomic mass is 19.1. The third kappa shape index (κ3) is 4.90. The molecule has 0 unspecified atom stereocenters. The number of carbonyl (C=O) groups excluding carboxylic acids is 1. The quantitative estimate of drug-likeness (QED) is 0.464. The molecule has 0 saturated carbocycles. The maximum atomic E-state index is 13.2. The molecular formula is C23H24FN3O2. The molecule has 0 spiro atoms. The number of hydrogen-bond donors (Lipinski definition) is 1. The van der Waals surface area contributed by atoms with Gasteiger partial charge in [0.1, 0.15) is 11.6 Å². The Morgan fingerprint density at radius 2 is 1.83 bits per heavy atom. The maximum Gasteiger partial charge on any atom is 0.271 e. The van der Waals surface area contributed by atoms with Gasteiger partial charge in [0.25, 0.3) is 5.91 Å². The minimum absolute atomic E-state index is 0.273. The van der Waals surface area contributed by atoms with E-state index >= 15 is 0 Å². The Kier molecular flexibility index (Phi) is 6.44. The zero-order valence-corrected chi connectivity index (χ0v) is 16.8. The SMILES string of the molecule is CCCOc1ccc(C(=O)N/N=C\c2cc(C)n(-c3ccc(F)cc3)c2C)cc1. The topological polar surface area (TPSA) is 55.6 Å². The molecule has 0 fully saturated rings. The van der Waals surface area contributed by atoms with Gasteiger partial charge in [-0.1, -0.05) is 6.92 Å². The highest BCUT2D eigenvalue weighted by Gasteiger charge is 2.10. The Balaban J connectivity index is 1.68. The van der Waals surface area contributed by atoms with Gasteiger partial charge in [-0.3, -0.25) is 4.79 Å². The summed E-state index contributed by atoms with van der Waals surface area (Å²) in [5.41, 5.74) is 6.73. The Morgan fingerprint density at radius 3 is 2.48 bits per heavy atom. The van der Waals surface area contributed by atoms with Crippen LogP contribution in [0.4, 0.5) is 4.39 Å². The van der Waals surface area contributed by atoms with Crippen molar-refractivity contribution >= 4 is 12.1 Å². The molecule has 3 rings (SSSR count). The van der Waals surface area contributed by atoms with E-state index in [0.29, 0.717) is 12.2 Å². The number of nitrogens with one attached hydrogen (secondary N) is 1. The third-order valence-electron chi connectivity index (χ3n) is 4.51. The van der Waals surface area contributed by atoms with E-state index < -0.39 is 0 Å². The normalized spacial score (nSPS) is 11.0. The fourth-order valence-corrected chi connectivity index (χ4v) is 3.05. The van der Waals surface area contributed by atoms with Crippen molar-refractivity contribution in [1.29, 1.82) is 0 Å². The molecule has 1 aromatic heterocycles. The fourth-order valence-electron chi connectivity index (χ4n) is 3.05. The van der Waals surface area contributed by atoms with Crippen LogP contribution in [0.15, 0.2) is 59.7 Å². The van der Waals surface area contributed by atoms with Gasteiger partial charge in [0.2, 0.25) is 0 Å². The van der Waals surface area contributed by atoms with Gasteiger partial charge < -0.3 is 9.30 Å². The van der Waals surface area contributed by atoms with Gasteiger partial charge in [-0.25, -0.2) is 9.82 Å². The second-order valence-electron chi connectivity index (χ2n) is 6.71. The van der Waals surface area contributed by atoms with E-state index in [1.807, 2.05) is 31.4 Å². The van der Waals surface area contributed by atoms with Crippen molar-refractivity contribution in [2.45, 2.75) is 27.2 Å². The van der Waals surface area contributed by atoms with Crippen LogP contribution in [-0.4, -0.2) is 23.3 Å². The Hall–Kier alpha value is -3.41. The lowest BCUT2D eigenvalue weighted by molar-refractivity contribution is 0.0955. The van der Waals surface area contributed by atoms with E-state index in [9.17, 15) is 9.18 Å². The summed E-state index contributed by atoms with van der Waals surface area (Å²) in [7, 11) is 0. The second kappa shape index (κ2) is 9.19. The molecule has 6 heteroatoms. The summed E-state index contributed by atoms with van der Waals surface area (Å²) in [5.74, 6) is 0.168. The lowest BCUT2D eigenvalue weighted by Crippen LogP contribution is -2.17. The number of aromatic nitrogens is 1. The van der Waals surface area contributed by atoms with Crippen LogP contribution in [0.25, 0.3) is 5.69 Å². The molecule has 1 N–H and O–H groups in total. The number of halogens is 1. The summed E-state index contributed by atoms with van der Waals surface area (Å²) in [6.45, 7) is 6.60. The van der Waals surface area contributed by atoms with Crippen molar-refractivity contribution in [3.05, 3.63) is 82.9 Å². The molecular weight excluding hydrogens is 369 g/mol. The summed E-state index contributed by atoms with van der Waals surface area (Å²) in [4.78, 5) is 12.3. The van der Waals surface area contributed by atoms with Gasteiger partial charge in [-0.2, -0.15) is 5.10 Å². The summed E-state index contributed by atoms with van der Waals surface area (Å²) in [6, 6.07) is 15.2. The minimum Gasteiger partial charge on any atom is -0.494 e. The van der Waals surface area contributed by atoms with Crippen molar-refractivity contribution < 1.29 is 13.9 Å². The van der Waals surface area contributed by atoms with E-state index in [1.165, 1.54) is 12.1 Å². The van der Waals surface area contributed by atoms with Gasteiger partial charge in [0.05, 0.1) is 12.8 Å². The van der Waals surface area contributed by atoms with Gasteiger partial charge in [-0.15, -0.1) is 0 Å². The Labute approximate surface area is 169 Å². The van der Waals surface area contributed by atoms with Crippen molar-refractivity contribution in [2.75, 3.05) is 6.61 Å². The summed E-state index contributed by atoms with van der Waals surface area (Å²) < 4.78 is 20.7. The molecule has 3 aromatic rings. The number of rotatable bonds is 7. The molecule has 150 valence electrons. The van der Waals surface area contributed by atoms with E-state index in [1.54, 1.807) is 42.6 Å². The summed E-state index contributed by atoms with van der Waals surface area (Å²) >= 11 is 0. The molecule has 29 heavy (non-hydrogen) atoms. The van der Waals surface area contributed by atoms with Gasteiger partial charge in [0.15, 0.2) is 0 Å². The lowest BCUT2D eigenvalue weighted by Gasteiger charge is -2.09. The Morgan fingerprint density at radius 1 is 1.14 bits per heavy atom. The van der Waals surface area contributed by atoms with Crippen molar-refractivity contribution in [1.82, 2.24) is 9.99 Å². The molecule has 0 radical (unpaired) electrons.